The highest BCUT2D eigenvalue weighted by molar-refractivity contribution is 6.01. The second-order valence-electron chi connectivity index (χ2n) is 6.43. The van der Waals surface area contributed by atoms with Gasteiger partial charge in [-0.15, -0.1) is 0 Å². The maximum atomic E-state index is 12.3. The van der Waals surface area contributed by atoms with E-state index < -0.39 is 10.8 Å². The number of fused-ring (bicyclic) bond motifs is 1. The Morgan fingerprint density at radius 1 is 1.03 bits per heavy atom. The Morgan fingerprint density at radius 2 is 1.80 bits per heavy atom. The zero-order chi connectivity index (χ0) is 21.1. The first-order chi connectivity index (χ1) is 14.5. The van der Waals surface area contributed by atoms with E-state index >= 15 is 0 Å². The summed E-state index contributed by atoms with van der Waals surface area (Å²) in [6.45, 7) is 0. The number of phenols is 1. The van der Waals surface area contributed by atoms with Gasteiger partial charge >= 0.3 is 0 Å². The Hall–Kier alpha value is -4.46. The van der Waals surface area contributed by atoms with Crippen molar-refractivity contribution in [3.63, 3.8) is 0 Å². The highest BCUT2D eigenvalue weighted by Crippen LogP contribution is 2.26. The summed E-state index contributed by atoms with van der Waals surface area (Å²) in [4.78, 5) is 22.8. The van der Waals surface area contributed by atoms with Crippen molar-refractivity contribution in [2.24, 2.45) is 5.10 Å². The van der Waals surface area contributed by atoms with E-state index in [1.165, 1.54) is 24.4 Å². The summed E-state index contributed by atoms with van der Waals surface area (Å²) < 4.78 is 5.60. The average Bonchev–Trinajstić information content (AvgIpc) is 3.22. The number of non-ortho nitro benzene ring substituents is 1. The second-order valence-corrected chi connectivity index (χ2v) is 6.43. The summed E-state index contributed by atoms with van der Waals surface area (Å²) in [6, 6.07) is 19.8. The lowest BCUT2D eigenvalue weighted by Gasteiger charge is -2.05. The molecule has 2 N–H and O–H groups in total. The summed E-state index contributed by atoms with van der Waals surface area (Å²) in [5, 5.41) is 26.5. The lowest BCUT2D eigenvalue weighted by atomic mass is 10.1. The van der Waals surface area contributed by atoms with E-state index in [0.29, 0.717) is 17.1 Å². The number of phenolic OH excluding ortho intramolecular Hbond substituents is 1. The summed E-state index contributed by atoms with van der Waals surface area (Å²) in [5.41, 5.74) is 2.96. The van der Waals surface area contributed by atoms with Crippen molar-refractivity contribution >= 4 is 28.6 Å². The third-order valence-corrected chi connectivity index (χ3v) is 4.43. The molecule has 148 valence electrons. The van der Waals surface area contributed by atoms with Gasteiger partial charge in [-0.25, -0.2) is 5.43 Å². The van der Waals surface area contributed by atoms with Crippen molar-refractivity contribution < 1.29 is 19.2 Å². The van der Waals surface area contributed by atoms with Crippen molar-refractivity contribution in [1.29, 1.82) is 0 Å². The monoisotopic (exact) mass is 401 g/mol. The molecule has 1 heterocycles. The number of benzene rings is 3. The van der Waals surface area contributed by atoms with E-state index in [-0.39, 0.29) is 17.0 Å². The molecule has 8 heteroatoms. The largest absolute Gasteiger partial charge is 0.507 e. The first-order valence-corrected chi connectivity index (χ1v) is 8.91. The van der Waals surface area contributed by atoms with Crippen molar-refractivity contribution in [3.05, 3.63) is 94.2 Å². The van der Waals surface area contributed by atoms with Crippen LogP contribution in [0.2, 0.25) is 0 Å². The molecule has 0 radical (unpaired) electrons. The first-order valence-electron chi connectivity index (χ1n) is 8.91. The molecule has 0 fully saturated rings. The minimum absolute atomic E-state index is 0.0402. The van der Waals surface area contributed by atoms with Crippen LogP contribution in [0, 0.1) is 10.1 Å². The van der Waals surface area contributed by atoms with Gasteiger partial charge in [0.2, 0.25) is 0 Å². The Morgan fingerprint density at radius 3 is 2.57 bits per heavy atom. The molecule has 1 amide bonds. The van der Waals surface area contributed by atoms with Gasteiger partial charge in [0.15, 0.2) is 0 Å². The van der Waals surface area contributed by atoms with Crippen LogP contribution in [0.1, 0.15) is 16.1 Å². The number of rotatable bonds is 5. The topological polar surface area (TPSA) is 118 Å². The van der Waals surface area contributed by atoms with E-state index in [1.54, 1.807) is 30.3 Å². The van der Waals surface area contributed by atoms with E-state index in [1.807, 2.05) is 24.3 Å². The summed E-state index contributed by atoms with van der Waals surface area (Å²) in [7, 11) is 0. The van der Waals surface area contributed by atoms with E-state index in [0.717, 1.165) is 10.8 Å². The molecule has 0 aliphatic rings. The van der Waals surface area contributed by atoms with Gasteiger partial charge in [0.1, 0.15) is 17.3 Å². The van der Waals surface area contributed by atoms with Crippen molar-refractivity contribution in [1.82, 2.24) is 5.43 Å². The van der Waals surface area contributed by atoms with Gasteiger partial charge in [-0.3, -0.25) is 14.9 Å². The number of nitrogens with one attached hydrogen (secondary N) is 1. The summed E-state index contributed by atoms with van der Waals surface area (Å²) in [6.07, 6.45) is 1.30. The van der Waals surface area contributed by atoms with Crippen LogP contribution in [-0.4, -0.2) is 22.2 Å². The minimum atomic E-state index is -0.569. The van der Waals surface area contributed by atoms with Gasteiger partial charge in [-0.1, -0.05) is 36.4 Å². The summed E-state index contributed by atoms with van der Waals surface area (Å²) >= 11 is 0. The molecule has 4 rings (SSSR count). The Bertz CT molecular complexity index is 1290. The molecule has 0 atom stereocenters. The van der Waals surface area contributed by atoms with Crippen molar-refractivity contribution in [3.8, 4) is 17.1 Å². The standard InChI is InChI=1S/C22H15N3O5/c26-20-12-15-5-2-1-4-14(15)11-19(20)22(27)24-23-13-18-8-9-21(30-18)16-6-3-7-17(10-16)25(28)29/h1-13,26H,(H,24,27)/b23-13-. The molecule has 30 heavy (non-hydrogen) atoms. The molecule has 0 bridgehead atoms. The predicted octanol–water partition coefficient (Wildman–Crippen LogP) is 4.48. The van der Waals surface area contributed by atoms with Gasteiger partial charge in [0, 0.05) is 17.7 Å². The zero-order valence-electron chi connectivity index (χ0n) is 15.5. The molecule has 8 nitrogen and oxygen atoms in total. The Kier molecular flexibility index (Phi) is 4.96. The number of nitrogens with zero attached hydrogens (tertiary/aromatic N) is 2. The third-order valence-electron chi connectivity index (χ3n) is 4.43. The third kappa shape index (κ3) is 3.88. The van der Waals surface area contributed by atoms with Crippen LogP contribution < -0.4 is 5.43 Å². The van der Waals surface area contributed by atoms with Gasteiger partial charge in [-0.05, 0) is 35.0 Å². The normalized spacial score (nSPS) is 11.1. The number of hydrogen-bond acceptors (Lipinski definition) is 6. The number of aromatic hydroxyl groups is 1. The van der Waals surface area contributed by atoms with Crippen molar-refractivity contribution in [2.45, 2.75) is 0 Å². The molecule has 0 saturated carbocycles. The van der Waals surface area contributed by atoms with E-state index in [2.05, 4.69) is 10.5 Å². The molecule has 4 aromatic rings. The molecule has 3 aromatic carbocycles. The minimum Gasteiger partial charge on any atom is -0.507 e. The number of nitro benzene ring substituents is 1. The maximum absolute atomic E-state index is 12.3. The number of furan rings is 1. The molecule has 0 aliphatic carbocycles. The number of carbonyl (C=O) groups is 1. The van der Waals surface area contributed by atoms with Crippen LogP contribution in [0.5, 0.6) is 5.75 Å². The lowest BCUT2D eigenvalue weighted by molar-refractivity contribution is -0.384. The first kappa shape index (κ1) is 18.9. The van der Waals surface area contributed by atoms with Crippen LogP contribution in [0.4, 0.5) is 5.69 Å². The van der Waals surface area contributed by atoms with Gasteiger partial charge in [0.25, 0.3) is 11.6 Å². The average molecular weight is 401 g/mol. The number of carbonyl (C=O) groups excluding carboxylic acids is 1. The van der Waals surface area contributed by atoms with Crippen LogP contribution in [-0.2, 0) is 0 Å². The Balaban J connectivity index is 1.48. The number of nitro groups is 1. The smallest absolute Gasteiger partial charge is 0.275 e. The maximum Gasteiger partial charge on any atom is 0.275 e. The highest BCUT2D eigenvalue weighted by Gasteiger charge is 2.12. The Labute approximate surface area is 170 Å². The molecule has 1 aromatic heterocycles. The van der Waals surface area contributed by atoms with Crippen LogP contribution in [0.3, 0.4) is 0 Å². The fourth-order valence-corrected chi connectivity index (χ4v) is 2.97. The van der Waals surface area contributed by atoms with E-state index in [4.69, 9.17) is 4.42 Å². The van der Waals surface area contributed by atoms with Gasteiger partial charge in [0.05, 0.1) is 16.7 Å². The van der Waals surface area contributed by atoms with Crippen molar-refractivity contribution in [2.75, 3.05) is 0 Å². The van der Waals surface area contributed by atoms with Crippen LogP contribution >= 0.6 is 0 Å². The number of hydrogen-bond donors (Lipinski definition) is 2. The SMILES string of the molecule is O=C(N/N=C\c1ccc(-c2cccc([N+](=O)[O-])c2)o1)c1cc2ccccc2cc1O. The van der Waals surface area contributed by atoms with E-state index in [9.17, 15) is 20.0 Å². The van der Waals surface area contributed by atoms with Crippen LogP contribution in [0.15, 0.2) is 82.3 Å². The predicted molar refractivity (Wildman–Crippen MR) is 111 cm³/mol. The quantitative estimate of drug-likeness (QED) is 0.290. The summed E-state index contributed by atoms with van der Waals surface area (Å²) in [5.74, 6) is 0.0607. The highest BCUT2D eigenvalue weighted by atomic mass is 16.6. The molecular weight excluding hydrogens is 386 g/mol. The molecule has 0 unspecified atom stereocenters. The van der Waals surface area contributed by atoms with Gasteiger partial charge in [-0.2, -0.15) is 5.10 Å². The number of hydrazone groups is 1. The molecule has 0 spiro atoms. The van der Waals surface area contributed by atoms with Gasteiger partial charge < -0.3 is 9.52 Å². The fraction of sp³-hybridized carbons (Fsp3) is 0. The fourth-order valence-electron chi connectivity index (χ4n) is 2.97. The second kappa shape index (κ2) is 7.88. The lowest BCUT2D eigenvalue weighted by Crippen LogP contribution is -2.17. The number of amides is 1. The molecule has 0 saturated heterocycles. The van der Waals surface area contributed by atoms with Crippen LogP contribution in [0.25, 0.3) is 22.1 Å². The molecule has 0 aliphatic heterocycles. The molecular formula is C22H15N3O5. The zero-order valence-corrected chi connectivity index (χ0v) is 15.5.